The van der Waals surface area contributed by atoms with Crippen LogP contribution in [0.5, 0.6) is 0 Å². The molecular weight excluding hydrogens is 263 g/mol. The monoisotopic (exact) mass is 285 g/mol. The summed E-state index contributed by atoms with van der Waals surface area (Å²) in [5.41, 5.74) is 6.43. The van der Waals surface area contributed by atoms with Gasteiger partial charge in [-0.15, -0.1) is 0 Å². The van der Waals surface area contributed by atoms with Crippen LogP contribution in [0, 0.1) is 5.41 Å². The third-order valence-electron chi connectivity index (χ3n) is 4.91. The Balaban J connectivity index is 2.21. The van der Waals surface area contributed by atoms with Gasteiger partial charge in [-0.2, -0.15) is 13.2 Å². The van der Waals surface area contributed by atoms with Crippen molar-refractivity contribution in [3.63, 3.8) is 0 Å². The number of hydrogen-bond donors (Lipinski definition) is 1. The molecule has 0 saturated heterocycles. The number of nitrogens with two attached hydrogens (primary N) is 1. The standard InChI is InChI=1S/C16H22F3N/c1-12(15(11-20)9-3-2-4-10-15)13-5-7-14(8-6-13)16(17,18)19/h5-8,12H,2-4,9-11,20H2,1H3. The van der Waals surface area contributed by atoms with Gasteiger partial charge in [0.25, 0.3) is 0 Å². The van der Waals surface area contributed by atoms with E-state index < -0.39 is 11.7 Å². The lowest BCUT2D eigenvalue weighted by molar-refractivity contribution is -0.137. The predicted molar refractivity (Wildman–Crippen MR) is 74.4 cm³/mol. The lowest BCUT2D eigenvalue weighted by Gasteiger charge is -2.42. The van der Waals surface area contributed by atoms with Crippen LogP contribution in [0.4, 0.5) is 13.2 Å². The highest BCUT2D eigenvalue weighted by Crippen LogP contribution is 2.46. The molecule has 1 aliphatic carbocycles. The Morgan fingerprint density at radius 2 is 1.65 bits per heavy atom. The maximum Gasteiger partial charge on any atom is 0.416 e. The number of alkyl halides is 3. The Morgan fingerprint density at radius 3 is 2.10 bits per heavy atom. The summed E-state index contributed by atoms with van der Waals surface area (Å²) in [4.78, 5) is 0. The summed E-state index contributed by atoms with van der Waals surface area (Å²) < 4.78 is 37.8. The fourth-order valence-electron chi connectivity index (χ4n) is 3.38. The van der Waals surface area contributed by atoms with Gasteiger partial charge in [-0.3, -0.25) is 0 Å². The molecule has 0 spiro atoms. The van der Waals surface area contributed by atoms with Crippen LogP contribution in [0.3, 0.4) is 0 Å². The molecule has 2 N–H and O–H groups in total. The molecule has 0 radical (unpaired) electrons. The average Bonchev–Trinajstić information content (AvgIpc) is 2.46. The van der Waals surface area contributed by atoms with Gasteiger partial charge in [0.15, 0.2) is 0 Å². The number of rotatable bonds is 3. The van der Waals surface area contributed by atoms with Crippen LogP contribution in [0.1, 0.15) is 56.1 Å². The van der Waals surface area contributed by atoms with Crippen LogP contribution in [0.25, 0.3) is 0 Å². The molecule has 112 valence electrons. The summed E-state index contributed by atoms with van der Waals surface area (Å²) in [5.74, 6) is 0.204. The first kappa shape index (κ1) is 15.4. The third kappa shape index (κ3) is 3.00. The molecule has 20 heavy (non-hydrogen) atoms. The molecule has 0 bridgehead atoms. The van der Waals surface area contributed by atoms with E-state index >= 15 is 0 Å². The molecule has 1 aliphatic rings. The molecule has 1 unspecified atom stereocenters. The summed E-state index contributed by atoms with van der Waals surface area (Å²) in [7, 11) is 0. The van der Waals surface area contributed by atoms with Gasteiger partial charge in [-0.05, 0) is 48.4 Å². The zero-order valence-corrected chi connectivity index (χ0v) is 11.8. The van der Waals surface area contributed by atoms with E-state index in [4.69, 9.17) is 5.73 Å². The fourth-order valence-corrected chi connectivity index (χ4v) is 3.38. The second-order valence-electron chi connectivity index (χ2n) is 5.97. The Labute approximate surface area is 118 Å². The van der Waals surface area contributed by atoms with E-state index in [0.717, 1.165) is 18.4 Å². The molecule has 2 rings (SSSR count). The van der Waals surface area contributed by atoms with Gasteiger partial charge >= 0.3 is 6.18 Å². The topological polar surface area (TPSA) is 26.0 Å². The smallest absolute Gasteiger partial charge is 0.330 e. The van der Waals surface area contributed by atoms with Crippen LogP contribution < -0.4 is 5.73 Å². The first-order valence-corrected chi connectivity index (χ1v) is 7.26. The number of halogens is 3. The summed E-state index contributed by atoms with van der Waals surface area (Å²) in [6.45, 7) is 2.70. The lowest BCUT2D eigenvalue weighted by Crippen LogP contribution is -2.37. The van der Waals surface area contributed by atoms with Crippen LogP contribution in [-0.4, -0.2) is 6.54 Å². The molecule has 0 aliphatic heterocycles. The number of benzene rings is 1. The van der Waals surface area contributed by atoms with Gasteiger partial charge in [-0.25, -0.2) is 0 Å². The van der Waals surface area contributed by atoms with Crippen molar-refractivity contribution in [1.29, 1.82) is 0 Å². The minimum atomic E-state index is -4.27. The van der Waals surface area contributed by atoms with Crippen molar-refractivity contribution in [1.82, 2.24) is 0 Å². The van der Waals surface area contributed by atoms with Gasteiger partial charge in [0.2, 0.25) is 0 Å². The first-order valence-electron chi connectivity index (χ1n) is 7.26. The molecule has 1 aromatic carbocycles. The first-order chi connectivity index (χ1) is 9.39. The minimum Gasteiger partial charge on any atom is -0.330 e. The van der Waals surface area contributed by atoms with Crippen molar-refractivity contribution < 1.29 is 13.2 Å². The van der Waals surface area contributed by atoms with Crippen molar-refractivity contribution in [3.8, 4) is 0 Å². The molecule has 1 nitrogen and oxygen atoms in total. The van der Waals surface area contributed by atoms with Crippen LogP contribution in [0.2, 0.25) is 0 Å². The Kier molecular flexibility index (Phi) is 4.43. The molecule has 1 aromatic rings. The molecule has 1 saturated carbocycles. The van der Waals surface area contributed by atoms with Crippen LogP contribution in [-0.2, 0) is 6.18 Å². The molecule has 4 heteroatoms. The molecule has 1 fully saturated rings. The van der Waals surface area contributed by atoms with E-state index in [2.05, 4.69) is 6.92 Å². The summed E-state index contributed by atoms with van der Waals surface area (Å²) >= 11 is 0. The van der Waals surface area contributed by atoms with Crippen molar-refractivity contribution in [2.45, 2.75) is 51.1 Å². The second kappa shape index (κ2) is 5.76. The van der Waals surface area contributed by atoms with Crippen molar-refractivity contribution >= 4 is 0 Å². The van der Waals surface area contributed by atoms with Crippen molar-refractivity contribution in [2.75, 3.05) is 6.54 Å². The van der Waals surface area contributed by atoms with Gasteiger partial charge in [0.05, 0.1) is 5.56 Å². The zero-order valence-electron chi connectivity index (χ0n) is 11.8. The highest BCUT2D eigenvalue weighted by molar-refractivity contribution is 5.28. The van der Waals surface area contributed by atoms with Crippen molar-refractivity contribution in [3.05, 3.63) is 35.4 Å². The van der Waals surface area contributed by atoms with E-state index in [1.54, 1.807) is 12.1 Å². The van der Waals surface area contributed by atoms with Crippen LogP contribution >= 0.6 is 0 Å². The molecular formula is C16H22F3N. The number of hydrogen-bond acceptors (Lipinski definition) is 1. The quantitative estimate of drug-likeness (QED) is 0.854. The molecule has 0 amide bonds. The fraction of sp³-hybridized carbons (Fsp3) is 0.625. The van der Waals surface area contributed by atoms with E-state index in [0.29, 0.717) is 6.54 Å². The van der Waals surface area contributed by atoms with Gasteiger partial charge in [0, 0.05) is 0 Å². The molecule has 1 atom stereocenters. The van der Waals surface area contributed by atoms with Gasteiger partial charge < -0.3 is 5.73 Å². The van der Waals surface area contributed by atoms with E-state index in [9.17, 15) is 13.2 Å². The average molecular weight is 285 g/mol. The maximum absolute atomic E-state index is 12.6. The van der Waals surface area contributed by atoms with Crippen LogP contribution in [0.15, 0.2) is 24.3 Å². The minimum absolute atomic E-state index is 0.0536. The summed E-state index contributed by atoms with van der Waals surface area (Å²) in [6.07, 6.45) is 1.46. The van der Waals surface area contributed by atoms with Crippen molar-refractivity contribution in [2.24, 2.45) is 11.1 Å². The molecule has 0 aromatic heterocycles. The lowest BCUT2D eigenvalue weighted by atomic mass is 9.64. The highest BCUT2D eigenvalue weighted by Gasteiger charge is 2.37. The Bertz CT molecular complexity index is 430. The van der Waals surface area contributed by atoms with Gasteiger partial charge in [-0.1, -0.05) is 38.3 Å². The van der Waals surface area contributed by atoms with Gasteiger partial charge in [0.1, 0.15) is 0 Å². The summed E-state index contributed by atoms with van der Waals surface area (Å²) in [6, 6.07) is 5.58. The SMILES string of the molecule is CC(c1ccc(C(F)(F)F)cc1)C1(CN)CCCCC1. The summed E-state index contributed by atoms with van der Waals surface area (Å²) in [5, 5.41) is 0. The second-order valence-corrected chi connectivity index (χ2v) is 5.97. The largest absolute Gasteiger partial charge is 0.416 e. The maximum atomic E-state index is 12.6. The Morgan fingerprint density at radius 1 is 1.10 bits per heavy atom. The Hall–Kier alpha value is -1.03. The normalized spacial score (nSPS) is 20.6. The third-order valence-corrected chi connectivity index (χ3v) is 4.91. The van der Waals surface area contributed by atoms with E-state index in [1.165, 1.54) is 31.4 Å². The highest BCUT2D eigenvalue weighted by atomic mass is 19.4. The van der Waals surface area contributed by atoms with E-state index in [1.807, 2.05) is 0 Å². The zero-order chi connectivity index (χ0) is 14.8. The molecule has 0 heterocycles. The van der Waals surface area contributed by atoms with E-state index in [-0.39, 0.29) is 11.3 Å². The predicted octanol–water partition coefficient (Wildman–Crippen LogP) is 4.72.